The van der Waals surface area contributed by atoms with Crippen LogP contribution >= 0.6 is 11.6 Å². The van der Waals surface area contributed by atoms with Crippen LogP contribution in [0.15, 0.2) is 36.4 Å². The fourth-order valence-electron chi connectivity index (χ4n) is 2.34. The molecule has 0 saturated carbocycles. The Morgan fingerprint density at radius 3 is 2.71 bits per heavy atom. The molecular weight excluding hydrogens is 331 g/mol. The maximum atomic E-state index is 13.7. The molecule has 0 heterocycles. The summed E-state index contributed by atoms with van der Waals surface area (Å²) in [6.45, 7) is 2.53. The van der Waals surface area contributed by atoms with E-state index < -0.39 is 5.82 Å². The average molecular weight is 351 g/mol. The van der Waals surface area contributed by atoms with Crippen LogP contribution in [0.3, 0.4) is 0 Å². The molecule has 2 aromatic carbocycles. The fraction of sp³-hybridized carbons (Fsp3) is 0.278. The molecule has 0 fully saturated rings. The number of ether oxygens (including phenoxy) is 1. The normalized spacial score (nSPS) is 10.8. The minimum atomic E-state index is -0.414. The second-order valence-electron chi connectivity index (χ2n) is 5.65. The van der Waals surface area contributed by atoms with E-state index in [9.17, 15) is 9.18 Å². The topological polar surface area (TPSA) is 41.6 Å². The van der Waals surface area contributed by atoms with Crippen LogP contribution in [0.4, 0.5) is 10.1 Å². The Morgan fingerprint density at radius 2 is 2.04 bits per heavy atom. The third kappa shape index (κ3) is 4.94. The SMILES string of the molecule is COc1ccc(CN(C)CC(=O)Nc2cc(Cl)ccc2C)cc1F. The van der Waals surface area contributed by atoms with E-state index in [1.165, 1.54) is 13.2 Å². The van der Waals surface area contributed by atoms with E-state index in [-0.39, 0.29) is 18.2 Å². The molecule has 0 atom stereocenters. The molecule has 2 rings (SSSR count). The summed E-state index contributed by atoms with van der Waals surface area (Å²) in [6, 6.07) is 10.1. The molecule has 0 bridgehead atoms. The molecule has 128 valence electrons. The molecule has 1 amide bonds. The van der Waals surface area contributed by atoms with Crippen molar-refractivity contribution in [3.63, 3.8) is 0 Å². The van der Waals surface area contributed by atoms with E-state index in [2.05, 4.69) is 5.32 Å². The van der Waals surface area contributed by atoms with Crippen molar-refractivity contribution in [2.45, 2.75) is 13.5 Å². The number of methoxy groups -OCH3 is 1. The van der Waals surface area contributed by atoms with Crippen LogP contribution in [0.1, 0.15) is 11.1 Å². The lowest BCUT2D eigenvalue weighted by molar-refractivity contribution is -0.117. The van der Waals surface area contributed by atoms with Crippen molar-refractivity contribution in [2.75, 3.05) is 26.0 Å². The van der Waals surface area contributed by atoms with Crippen molar-refractivity contribution in [3.8, 4) is 5.75 Å². The maximum absolute atomic E-state index is 13.7. The van der Waals surface area contributed by atoms with Crippen molar-refractivity contribution in [3.05, 3.63) is 58.4 Å². The first-order valence-electron chi connectivity index (χ1n) is 7.46. The van der Waals surface area contributed by atoms with Gasteiger partial charge in [-0.15, -0.1) is 0 Å². The third-order valence-corrected chi connectivity index (χ3v) is 3.79. The Bertz CT molecular complexity index is 737. The molecule has 0 spiro atoms. The summed E-state index contributed by atoms with van der Waals surface area (Å²) in [5.41, 5.74) is 2.39. The number of likely N-dealkylation sites (N-methyl/N-ethyl adjacent to an activating group) is 1. The molecule has 6 heteroatoms. The van der Waals surface area contributed by atoms with Gasteiger partial charge >= 0.3 is 0 Å². The van der Waals surface area contributed by atoms with Gasteiger partial charge in [0.2, 0.25) is 5.91 Å². The number of aryl methyl sites for hydroxylation is 1. The lowest BCUT2D eigenvalue weighted by Gasteiger charge is -2.17. The Balaban J connectivity index is 1.94. The molecule has 2 aromatic rings. The van der Waals surface area contributed by atoms with Crippen LogP contribution in [0.5, 0.6) is 5.75 Å². The van der Waals surface area contributed by atoms with Gasteiger partial charge in [0.05, 0.1) is 13.7 Å². The smallest absolute Gasteiger partial charge is 0.238 e. The van der Waals surface area contributed by atoms with Crippen molar-refractivity contribution in [2.24, 2.45) is 0 Å². The molecule has 0 aliphatic heterocycles. The summed E-state index contributed by atoms with van der Waals surface area (Å²) < 4.78 is 18.6. The molecule has 0 aliphatic rings. The Kier molecular flexibility index (Phi) is 6.17. The van der Waals surface area contributed by atoms with Crippen molar-refractivity contribution in [1.82, 2.24) is 4.90 Å². The Morgan fingerprint density at radius 1 is 1.29 bits per heavy atom. The highest BCUT2D eigenvalue weighted by Gasteiger charge is 2.11. The van der Waals surface area contributed by atoms with Crippen molar-refractivity contribution < 1.29 is 13.9 Å². The number of anilines is 1. The number of nitrogens with one attached hydrogen (secondary N) is 1. The number of hydrogen-bond donors (Lipinski definition) is 1. The highest BCUT2D eigenvalue weighted by molar-refractivity contribution is 6.31. The van der Waals surface area contributed by atoms with Gasteiger partial charge in [0.1, 0.15) is 0 Å². The van der Waals surface area contributed by atoms with Gasteiger partial charge in [0.15, 0.2) is 11.6 Å². The minimum absolute atomic E-state index is 0.156. The molecule has 0 radical (unpaired) electrons. The van der Waals surface area contributed by atoms with Gasteiger partial charge in [-0.05, 0) is 49.4 Å². The van der Waals surface area contributed by atoms with E-state index in [4.69, 9.17) is 16.3 Å². The second kappa shape index (κ2) is 8.13. The van der Waals surface area contributed by atoms with Gasteiger partial charge < -0.3 is 10.1 Å². The number of carbonyl (C=O) groups excluding carboxylic acids is 1. The largest absolute Gasteiger partial charge is 0.494 e. The first-order valence-corrected chi connectivity index (χ1v) is 7.84. The molecule has 0 saturated heterocycles. The highest BCUT2D eigenvalue weighted by atomic mass is 35.5. The zero-order valence-electron chi connectivity index (χ0n) is 13.9. The van der Waals surface area contributed by atoms with E-state index in [1.807, 2.05) is 13.0 Å². The number of halogens is 2. The lowest BCUT2D eigenvalue weighted by atomic mass is 10.2. The van der Waals surface area contributed by atoms with Gasteiger partial charge in [-0.2, -0.15) is 0 Å². The highest BCUT2D eigenvalue weighted by Crippen LogP contribution is 2.20. The number of hydrogen-bond acceptors (Lipinski definition) is 3. The van der Waals surface area contributed by atoms with Crippen LogP contribution in [0, 0.1) is 12.7 Å². The average Bonchev–Trinajstić information content (AvgIpc) is 2.51. The second-order valence-corrected chi connectivity index (χ2v) is 6.09. The van der Waals surface area contributed by atoms with E-state index in [1.54, 1.807) is 36.2 Å². The minimum Gasteiger partial charge on any atom is -0.494 e. The van der Waals surface area contributed by atoms with Crippen molar-refractivity contribution in [1.29, 1.82) is 0 Å². The first-order chi connectivity index (χ1) is 11.4. The molecular formula is C18H20ClFN2O2. The monoisotopic (exact) mass is 350 g/mol. The van der Waals surface area contributed by atoms with Crippen LogP contribution < -0.4 is 10.1 Å². The van der Waals surface area contributed by atoms with Gasteiger partial charge in [0.25, 0.3) is 0 Å². The standard InChI is InChI=1S/C18H20ClFN2O2/c1-12-4-6-14(19)9-16(12)21-18(23)11-22(2)10-13-5-7-17(24-3)15(20)8-13/h4-9H,10-11H2,1-3H3,(H,21,23). The Hall–Kier alpha value is -2.11. The van der Waals surface area contributed by atoms with Gasteiger partial charge in [-0.3, -0.25) is 9.69 Å². The molecule has 24 heavy (non-hydrogen) atoms. The zero-order valence-corrected chi connectivity index (χ0v) is 14.7. The molecule has 1 N–H and O–H groups in total. The molecule has 4 nitrogen and oxygen atoms in total. The Labute approximate surface area is 146 Å². The lowest BCUT2D eigenvalue weighted by Crippen LogP contribution is -2.30. The first kappa shape index (κ1) is 18.2. The number of carbonyl (C=O) groups is 1. The van der Waals surface area contributed by atoms with Crippen LogP contribution in [0.2, 0.25) is 5.02 Å². The predicted octanol–water partition coefficient (Wildman–Crippen LogP) is 3.87. The maximum Gasteiger partial charge on any atom is 0.238 e. The number of nitrogens with zero attached hydrogens (tertiary/aromatic N) is 1. The summed E-state index contributed by atoms with van der Waals surface area (Å²) in [5.74, 6) is -0.366. The molecule has 0 unspecified atom stereocenters. The van der Waals surface area contributed by atoms with Gasteiger partial charge in [0, 0.05) is 17.3 Å². The summed E-state index contributed by atoms with van der Waals surface area (Å²) in [4.78, 5) is 14.0. The van der Waals surface area contributed by atoms with Crippen molar-refractivity contribution >= 4 is 23.2 Å². The number of benzene rings is 2. The zero-order chi connectivity index (χ0) is 17.7. The quantitative estimate of drug-likeness (QED) is 0.860. The summed E-state index contributed by atoms with van der Waals surface area (Å²) in [5, 5.41) is 3.41. The molecule has 0 aliphatic carbocycles. The van der Waals surface area contributed by atoms with Gasteiger partial charge in [-0.25, -0.2) is 4.39 Å². The van der Waals surface area contributed by atoms with Gasteiger partial charge in [-0.1, -0.05) is 23.7 Å². The van der Waals surface area contributed by atoms with Crippen LogP contribution in [-0.4, -0.2) is 31.5 Å². The summed E-state index contributed by atoms with van der Waals surface area (Å²) in [6.07, 6.45) is 0. The number of amides is 1. The van der Waals surface area contributed by atoms with Crippen LogP contribution in [-0.2, 0) is 11.3 Å². The third-order valence-electron chi connectivity index (χ3n) is 3.56. The van der Waals surface area contributed by atoms with E-state index in [0.29, 0.717) is 17.3 Å². The summed E-state index contributed by atoms with van der Waals surface area (Å²) >= 11 is 5.95. The molecule has 0 aromatic heterocycles. The van der Waals surface area contributed by atoms with E-state index in [0.717, 1.165) is 11.1 Å². The van der Waals surface area contributed by atoms with E-state index >= 15 is 0 Å². The predicted molar refractivity (Wildman–Crippen MR) is 94.1 cm³/mol. The number of rotatable bonds is 6. The summed E-state index contributed by atoms with van der Waals surface area (Å²) in [7, 11) is 3.22. The fourth-order valence-corrected chi connectivity index (χ4v) is 2.51. The van der Waals surface area contributed by atoms with Crippen LogP contribution in [0.25, 0.3) is 0 Å².